The van der Waals surface area contributed by atoms with Crippen LogP contribution < -0.4 is 4.74 Å². The highest BCUT2D eigenvalue weighted by atomic mass is 19.3. The quantitative estimate of drug-likeness (QED) is 0.244. The molecule has 0 saturated heterocycles. The summed E-state index contributed by atoms with van der Waals surface area (Å²) in [6.45, 7) is -0.522. The molecule has 2 aromatic carbocycles. The minimum Gasteiger partial charge on any atom is -0.435 e. The summed E-state index contributed by atoms with van der Waals surface area (Å²) in [5.41, 5.74) is 3.12. The van der Waals surface area contributed by atoms with Gasteiger partial charge < -0.3 is 4.74 Å². The van der Waals surface area contributed by atoms with E-state index in [0.29, 0.717) is 0 Å². The standard InChI is InChI=1S/C30H38F2O/c1-2-3-4-5-6-7-24-8-10-25(11-9-24)12-13-26-14-16-27(17-15-26)18-19-28-20-22-29(23-21-28)33-30(31)32/h14-17,20-25,30H,2-13H2,1H3/t24-,25-. The molecule has 1 aliphatic rings. The summed E-state index contributed by atoms with van der Waals surface area (Å²) in [5.74, 6) is 8.24. The Morgan fingerprint density at radius 1 is 0.758 bits per heavy atom. The fraction of sp³-hybridized carbons (Fsp3) is 0.533. The fourth-order valence-electron chi connectivity index (χ4n) is 4.83. The molecule has 1 fully saturated rings. The first-order valence-corrected chi connectivity index (χ1v) is 12.8. The van der Waals surface area contributed by atoms with Crippen LogP contribution in [0.25, 0.3) is 0 Å². The highest BCUT2D eigenvalue weighted by Crippen LogP contribution is 2.34. The van der Waals surface area contributed by atoms with Crippen LogP contribution in [-0.4, -0.2) is 6.61 Å². The molecule has 0 spiro atoms. The first kappa shape index (κ1) is 25.3. The predicted octanol–water partition coefficient (Wildman–Crippen LogP) is 8.79. The zero-order valence-electron chi connectivity index (χ0n) is 20.0. The molecule has 0 aliphatic heterocycles. The van der Waals surface area contributed by atoms with Crippen molar-refractivity contribution in [1.29, 1.82) is 0 Å². The Bertz CT molecular complexity index is 853. The Kier molecular flexibility index (Phi) is 10.8. The van der Waals surface area contributed by atoms with Crippen LogP contribution in [-0.2, 0) is 6.42 Å². The number of unbranched alkanes of at least 4 members (excludes halogenated alkanes) is 4. The van der Waals surface area contributed by atoms with E-state index in [1.165, 1.54) is 88.3 Å². The first-order chi connectivity index (χ1) is 16.1. The van der Waals surface area contributed by atoms with Gasteiger partial charge in [0.05, 0.1) is 0 Å². The number of aryl methyl sites for hydroxylation is 1. The van der Waals surface area contributed by atoms with Gasteiger partial charge in [-0.2, -0.15) is 8.78 Å². The summed E-state index contributed by atoms with van der Waals surface area (Å²) >= 11 is 0. The highest BCUT2D eigenvalue weighted by molar-refractivity contribution is 5.44. The van der Waals surface area contributed by atoms with Crippen LogP contribution in [0.5, 0.6) is 5.75 Å². The van der Waals surface area contributed by atoms with Gasteiger partial charge in [-0.25, -0.2) is 0 Å². The molecule has 0 radical (unpaired) electrons. The lowest BCUT2D eigenvalue weighted by atomic mass is 9.77. The molecule has 0 atom stereocenters. The van der Waals surface area contributed by atoms with Gasteiger partial charge in [0.1, 0.15) is 5.75 Å². The average Bonchev–Trinajstić information content (AvgIpc) is 2.83. The summed E-state index contributed by atoms with van der Waals surface area (Å²) in [6.07, 6.45) is 16.6. The Morgan fingerprint density at radius 2 is 1.30 bits per heavy atom. The third-order valence-electron chi connectivity index (χ3n) is 6.91. The SMILES string of the molecule is CCCCCCC[C@H]1CC[C@H](CCc2ccc(C#Cc3ccc(OC(F)F)cc3)cc2)CC1. The Morgan fingerprint density at radius 3 is 1.88 bits per heavy atom. The van der Waals surface area contributed by atoms with Gasteiger partial charge in [-0.15, -0.1) is 0 Å². The molecule has 0 heterocycles. The minimum absolute atomic E-state index is 0.149. The van der Waals surface area contributed by atoms with Gasteiger partial charge in [0.25, 0.3) is 0 Å². The summed E-state index contributed by atoms with van der Waals surface area (Å²) in [5, 5.41) is 0. The molecule has 178 valence electrons. The van der Waals surface area contributed by atoms with Gasteiger partial charge >= 0.3 is 6.61 Å². The molecule has 0 unspecified atom stereocenters. The van der Waals surface area contributed by atoms with Gasteiger partial charge in [-0.3, -0.25) is 0 Å². The van der Waals surface area contributed by atoms with Crippen LogP contribution in [0.1, 0.15) is 94.2 Å². The molecule has 1 aliphatic carbocycles. The van der Waals surface area contributed by atoms with E-state index in [-0.39, 0.29) is 5.75 Å². The van der Waals surface area contributed by atoms with E-state index in [1.807, 2.05) is 0 Å². The molecule has 1 saturated carbocycles. The number of hydrogen-bond acceptors (Lipinski definition) is 1. The zero-order chi connectivity index (χ0) is 23.3. The Balaban J connectivity index is 1.36. The van der Waals surface area contributed by atoms with Gasteiger partial charge in [0, 0.05) is 11.1 Å². The van der Waals surface area contributed by atoms with Crippen molar-refractivity contribution in [2.75, 3.05) is 0 Å². The second-order valence-corrected chi connectivity index (χ2v) is 9.48. The second kappa shape index (κ2) is 14.0. The molecule has 0 aromatic heterocycles. The lowest BCUT2D eigenvalue weighted by Gasteiger charge is -2.28. The molecular formula is C30H38F2O. The molecule has 0 amide bonds. The Hall–Kier alpha value is -2.34. The smallest absolute Gasteiger partial charge is 0.387 e. The summed E-state index contributed by atoms with van der Waals surface area (Å²) in [4.78, 5) is 0. The molecule has 3 heteroatoms. The molecular weight excluding hydrogens is 414 g/mol. The molecule has 0 bridgehead atoms. The van der Waals surface area contributed by atoms with Crippen molar-refractivity contribution in [1.82, 2.24) is 0 Å². The second-order valence-electron chi connectivity index (χ2n) is 9.48. The van der Waals surface area contributed by atoms with Crippen molar-refractivity contribution in [3.05, 3.63) is 65.2 Å². The maximum atomic E-state index is 12.2. The lowest BCUT2D eigenvalue weighted by Crippen LogP contribution is -2.15. The van der Waals surface area contributed by atoms with E-state index < -0.39 is 6.61 Å². The largest absolute Gasteiger partial charge is 0.435 e. The van der Waals surface area contributed by atoms with Crippen molar-refractivity contribution in [2.24, 2.45) is 11.8 Å². The number of rotatable bonds is 11. The van der Waals surface area contributed by atoms with E-state index in [2.05, 4.69) is 47.8 Å². The van der Waals surface area contributed by atoms with Gasteiger partial charge in [-0.1, -0.05) is 95.1 Å². The van der Waals surface area contributed by atoms with E-state index in [0.717, 1.165) is 29.4 Å². The maximum absolute atomic E-state index is 12.2. The van der Waals surface area contributed by atoms with Crippen LogP contribution >= 0.6 is 0 Å². The number of alkyl halides is 2. The topological polar surface area (TPSA) is 9.23 Å². The lowest BCUT2D eigenvalue weighted by molar-refractivity contribution is -0.0498. The van der Waals surface area contributed by atoms with Crippen molar-refractivity contribution < 1.29 is 13.5 Å². The van der Waals surface area contributed by atoms with Crippen molar-refractivity contribution in [2.45, 2.75) is 90.6 Å². The number of ether oxygens (including phenoxy) is 1. The number of benzene rings is 2. The Labute approximate surface area is 198 Å². The minimum atomic E-state index is -2.81. The number of hydrogen-bond donors (Lipinski definition) is 0. The predicted molar refractivity (Wildman–Crippen MR) is 133 cm³/mol. The van der Waals surface area contributed by atoms with Gasteiger partial charge in [0.2, 0.25) is 0 Å². The maximum Gasteiger partial charge on any atom is 0.387 e. The first-order valence-electron chi connectivity index (χ1n) is 12.8. The van der Waals surface area contributed by atoms with Crippen LogP contribution in [0.15, 0.2) is 48.5 Å². The van der Waals surface area contributed by atoms with Gasteiger partial charge in [0.15, 0.2) is 0 Å². The van der Waals surface area contributed by atoms with E-state index in [9.17, 15) is 8.78 Å². The summed E-state index contributed by atoms with van der Waals surface area (Å²) < 4.78 is 28.8. The van der Waals surface area contributed by atoms with Gasteiger partial charge in [-0.05, 0) is 66.6 Å². The summed E-state index contributed by atoms with van der Waals surface area (Å²) in [7, 11) is 0. The number of halogens is 2. The molecule has 0 N–H and O–H groups in total. The molecule has 2 aromatic rings. The molecule has 3 rings (SSSR count). The average molecular weight is 453 g/mol. The fourth-order valence-corrected chi connectivity index (χ4v) is 4.83. The van der Waals surface area contributed by atoms with E-state index in [4.69, 9.17) is 0 Å². The van der Waals surface area contributed by atoms with Crippen LogP contribution in [0.3, 0.4) is 0 Å². The normalized spacial score (nSPS) is 18.1. The third-order valence-corrected chi connectivity index (χ3v) is 6.91. The van der Waals surface area contributed by atoms with E-state index in [1.54, 1.807) is 12.1 Å². The van der Waals surface area contributed by atoms with Crippen LogP contribution in [0, 0.1) is 23.7 Å². The zero-order valence-corrected chi connectivity index (χ0v) is 20.0. The molecule has 1 nitrogen and oxygen atoms in total. The highest BCUT2D eigenvalue weighted by Gasteiger charge is 2.20. The van der Waals surface area contributed by atoms with Crippen LogP contribution in [0.2, 0.25) is 0 Å². The monoisotopic (exact) mass is 452 g/mol. The molecule has 33 heavy (non-hydrogen) atoms. The summed E-state index contributed by atoms with van der Waals surface area (Å²) in [6, 6.07) is 14.9. The van der Waals surface area contributed by atoms with Crippen molar-refractivity contribution >= 4 is 0 Å². The van der Waals surface area contributed by atoms with Crippen LogP contribution in [0.4, 0.5) is 8.78 Å². The van der Waals surface area contributed by atoms with E-state index >= 15 is 0 Å². The van der Waals surface area contributed by atoms with Crippen molar-refractivity contribution in [3.63, 3.8) is 0 Å². The third kappa shape index (κ3) is 9.58. The van der Waals surface area contributed by atoms with Crippen molar-refractivity contribution in [3.8, 4) is 17.6 Å².